The molecule has 0 aliphatic rings. The summed E-state index contributed by atoms with van der Waals surface area (Å²) < 4.78 is 14.4. The number of benzene rings is 2. The van der Waals surface area contributed by atoms with Crippen molar-refractivity contribution in [2.24, 2.45) is 7.05 Å². The van der Waals surface area contributed by atoms with Gasteiger partial charge in [-0.2, -0.15) is 0 Å². The van der Waals surface area contributed by atoms with Crippen LogP contribution in [0.15, 0.2) is 60.8 Å². The summed E-state index contributed by atoms with van der Waals surface area (Å²) in [5.74, 6) is 0.281. The zero-order chi connectivity index (χ0) is 27.4. The van der Waals surface area contributed by atoms with E-state index in [0.717, 1.165) is 5.52 Å². The van der Waals surface area contributed by atoms with Gasteiger partial charge in [-0.15, -0.1) is 5.10 Å². The minimum absolute atomic E-state index is 0.138. The summed E-state index contributed by atoms with van der Waals surface area (Å²) in [7, 11) is 4.92. The summed E-state index contributed by atoms with van der Waals surface area (Å²) in [5.41, 5.74) is 1.98. The second kappa shape index (κ2) is 11.0. The van der Waals surface area contributed by atoms with Crippen molar-refractivity contribution in [2.45, 2.75) is 45.3 Å². The molecule has 4 rings (SSSR count). The lowest BCUT2D eigenvalue weighted by atomic mass is 10.00. The van der Waals surface area contributed by atoms with Crippen molar-refractivity contribution in [1.82, 2.24) is 24.9 Å². The number of carbonyl (C=O) groups is 2. The van der Waals surface area contributed by atoms with Gasteiger partial charge in [-0.3, -0.25) is 14.5 Å². The van der Waals surface area contributed by atoms with E-state index in [-0.39, 0.29) is 18.4 Å². The Labute approximate surface area is 222 Å². The fourth-order valence-corrected chi connectivity index (χ4v) is 4.27. The van der Waals surface area contributed by atoms with Gasteiger partial charge in [0.05, 0.1) is 31.1 Å². The number of ether oxygens (including phenoxy) is 2. The molecule has 0 spiro atoms. The Morgan fingerprint density at radius 2 is 1.84 bits per heavy atom. The molecule has 0 aliphatic heterocycles. The highest BCUT2D eigenvalue weighted by molar-refractivity contribution is 6.02. The van der Waals surface area contributed by atoms with Crippen molar-refractivity contribution in [3.63, 3.8) is 0 Å². The largest absolute Gasteiger partial charge is 0.497 e. The Balaban J connectivity index is 1.88. The van der Waals surface area contributed by atoms with Gasteiger partial charge >= 0.3 is 0 Å². The molecule has 0 unspecified atom stereocenters. The van der Waals surface area contributed by atoms with Gasteiger partial charge in [-0.1, -0.05) is 24.3 Å². The SMILES string of the molecule is CCC(C)(C)NC(=O)[C@@H](c1cccn1C)N(C(=O)Cn1nnc2ccccc21)c1ccc(OC)cc1OC. The van der Waals surface area contributed by atoms with Gasteiger partial charge in [-0.25, -0.2) is 4.68 Å². The van der Waals surface area contributed by atoms with E-state index >= 15 is 0 Å². The van der Waals surface area contributed by atoms with Crippen LogP contribution in [-0.4, -0.2) is 51.1 Å². The summed E-state index contributed by atoms with van der Waals surface area (Å²) in [6.07, 6.45) is 2.56. The van der Waals surface area contributed by atoms with Crippen LogP contribution >= 0.6 is 0 Å². The predicted octanol–water partition coefficient (Wildman–Crippen LogP) is 3.87. The molecule has 2 heterocycles. The lowest BCUT2D eigenvalue weighted by Crippen LogP contribution is -2.51. The molecule has 0 fully saturated rings. The number of methoxy groups -OCH3 is 2. The van der Waals surface area contributed by atoms with E-state index in [4.69, 9.17) is 9.47 Å². The van der Waals surface area contributed by atoms with E-state index in [1.807, 2.05) is 75.0 Å². The molecular weight excluding hydrogens is 484 g/mol. The Morgan fingerprint density at radius 3 is 2.50 bits per heavy atom. The first-order valence-electron chi connectivity index (χ1n) is 12.4. The molecule has 4 aromatic rings. The first-order valence-corrected chi connectivity index (χ1v) is 12.4. The standard InChI is InChI=1S/C28H34N6O4/c1-7-28(2,3)29-27(36)26(23-13-10-16-32(23)4)34(22-15-14-19(37-5)17-24(22)38-6)25(35)18-33-21-12-9-8-11-20(21)30-31-33/h8-17,26H,7,18H2,1-6H3,(H,29,36)/t26-/m1/s1. The highest BCUT2D eigenvalue weighted by Gasteiger charge is 2.38. The van der Waals surface area contributed by atoms with Gasteiger partial charge in [0.2, 0.25) is 11.8 Å². The number of nitrogens with one attached hydrogen (secondary N) is 1. The molecular formula is C28H34N6O4. The fraction of sp³-hybridized carbons (Fsp3) is 0.357. The lowest BCUT2D eigenvalue weighted by molar-refractivity contribution is -0.128. The van der Waals surface area contributed by atoms with Crippen LogP contribution in [0.4, 0.5) is 5.69 Å². The minimum Gasteiger partial charge on any atom is -0.497 e. The van der Waals surface area contributed by atoms with Crippen LogP contribution in [0.25, 0.3) is 11.0 Å². The molecule has 200 valence electrons. The number of hydrogen-bond donors (Lipinski definition) is 1. The third kappa shape index (κ3) is 5.34. The Morgan fingerprint density at radius 1 is 1.08 bits per heavy atom. The van der Waals surface area contributed by atoms with Gasteiger partial charge < -0.3 is 19.4 Å². The van der Waals surface area contributed by atoms with E-state index < -0.39 is 11.6 Å². The van der Waals surface area contributed by atoms with Gasteiger partial charge in [0, 0.05) is 24.8 Å². The molecule has 1 atom stereocenters. The number of carbonyl (C=O) groups excluding carboxylic acids is 2. The van der Waals surface area contributed by atoms with E-state index in [9.17, 15) is 9.59 Å². The van der Waals surface area contributed by atoms with Gasteiger partial charge in [0.15, 0.2) is 6.04 Å². The zero-order valence-electron chi connectivity index (χ0n) is 22.6. The van der Waals surface area contributed by atoms with Crippen LogP contribution < -0.4 is 19.7 Å². The maximum absolute atomic E-state index is 14.2. The molecule has 0 aliphatic carbocycles. The molecule has 0 saturated carbocycles. The maximum atomic E-state index is 14.2. The van der Waals surface area contributed by atoms with Gasteiger partial charge in [-0.05, 0) is 56.7 Å². The number of hydrogen-bond acceptors (Lipinski definition) is 6. The first-order chi connectivity index (χ1) is 18.2. The monoisotopic (exact) mass is 518 g/mol. The average molecular weight is 519 g/mol. The first kappa shape index (κ1) is 26.7. The number of aryl methyl sites for hydroxylation is 1. The summed E-state index contributed by atoms with van der Waals surface area (Å²) >= 11 is 0. The van der Waals surface area contributed by atoms with Crippen LogP contribution in [0, 0.1) is 0 Å². The van der Waals surface area contributed by atoms with Crippen molar-refractivity contribution in [2.75, 3.05) is 19.1 Å². The topological polar surface area (TPSA) is 104 Å². The molecule has 0 saturated heterocycles. The Kier molecular flexibility index (Phi) is 7.70. The average Bonchev–Trinajstić information content (AvgIpc) is 3.52. The molecule has 0 radical (unpaired) electrons. The maximum Gasteiger partial charge on any atom is 0.249 e. The van der Waals surface area contributed by atoms with Crippen LogP contribution in [0.5, 0.6) is 11.5 Å². The number of nitrogens with zero attached hydrogens (tertiary/aromatic N) is 5. The van der Waals surface area contributed by atoms with Crippen LogP contribution in [0.1, 0.15) is 38.9 Å². The lowest BCUT2D eigenvalue weighted by Gasteiger charge is -2.35. The molecule has 38 heavy (non-hydrogen) atoms. The summed E-state index contributed by atoms with van der Waals surface area (Å²) in [6, 6.07) is 15.3. The normalized spacial score (nSPS) is 12.3. The smallest absolute Gasteiger partial charge is 0.249 e. The van der Waals surface area contributed by atoms with Gasteiger partial charge in [0.25, 0.3) is 0 Å². The third-order valence-corrected chi connectivity index (χ3v) is 6.74. The Hall–Kier alpha value is -4.34. The van der Waals surface area contributed by atoms with Crippen molar-refractivity contribution in [1.29, 1.82) is 0 Å². The van der Waals surface area contributed by atoms with E-state index in [2.05, 4.69) is 15.6 Å². The number of rotatable bonds is 10. The second-order valence-electron chi connectivity index (χ2n) is 9.71. The van der Waals surface area contributed by atoms with Crippen molar-refractivity contribution in [3.05, 3.63) is 66.5 Å². The Bertz CT molecular complexity index is 1440. The number of aromatic nitrogens is 4. The molecule has 2 amide bonds. The highest BCUT2D eigenvalue weighted by Crippen LogP contribution is 2.38. The van der Waals surface area contributed by atoms with E-state index in [1.54, 1.807) is 25.3 Å². The number of amides is 2. The number of fused-ring (bicyclic) bond motifs is 1. The molecule has 1 N–H and O–H groups in total. The number of anilines is 1. The summed E-state index contributed by atoms with van der Waals surface area (Å²) in [6.45, 7) is 5.77. The van der Waals surface area contributed by atoms with E-state index in [0.29, 0.717) is 34.8 Å². The van der Waals surface area contributed by atoms with Crippen molar-refractivity contribution in [3.8, 4) is 11.5 Å². The second-order valence-corrected chi connectivity index (χ2v) is 9.71. The van der Waals surface area contributed by atoms with Crippen LogP contribution in [0.2, 0.25) is 0 Å². The minimum atomic E-state index is -0.995. The molecule has 10 heteroatoms. The molecule has 0 bridgehead atoms. The summed E-state index contributed by atoms with van der Waals surface area (Å²) in [4.78, 5) is 29.7. The molecule has 2 aromatic carbocycles. The van der Waals surface area contributed by atoms with E-state index in [1.165, 1.54) is 16.7 Å². The quantitative estimate of drug-likeness (QED) is 0.342. The molecule has 2 aromatic heterocycles. The summed E-state index contributed by atoms with van der Waals surface area (Å²) in [5, 5.41) is 11.5. The molecule has 10 nitrogen and oxygen atoms in total. The predicted molar refractivity (Wildman–Crippen MR) is 145 cm³/mol. The van der Waals surface area contributed by atoms with Gasteiger partial charge in [0.1, 0.15) is 23.6 Å². The number of para-hydroxylation sites is 1. The fourth-order valence-electron chi connectivity index (χ4n) is 4.27. The van der Waals surface area contributed by atoms with Crippen molar-refractivity contribution >= 4 is 28.5 Å². The van der Waals surface area contributed by atoms with Crippen LogP contribution in [-0.2, 0) is 23.2 Å². The van der Waals surface area contributed by atoms with Crippen molar-refractivity contribution < 1.29 is 19.1 Å². The highest BCUT2D eigenvalue weighted by atomic mass is 16.5. The zero-order valence-corrected chi connectivity index (χ0v) is 22.6. The van der Waals surface area contributed by atoms with Crippen LogP contribution in [0.3, 0.4) is 0 Å². The third-order valence-electron chi connectivity index (χ3n) is 6.74.